The Balaban J connectivity index is 2.42. The highest BCUT2D eigenvalue weighted by Crippen LogP contribution is 2.40. The van der Waals surface area contributed by atoms with Gasteiger partial charge < -0.3 is 10.1 Å². The van der Waals surface area contributed by atoms with Crippen LogP contribution < -0.4 is 10.1 Å². The Bertz CT molecular complexity index is 606. The maximum Gasteiger partial charge on any atom is 0.150 e. The normalized spacial score (nSPS) is 22.7. The average molecular weight is 383 g/mol. The van der Waals surface area contributed by atoms with Crippen LogP contribution in [0.1, 0.15) is 18.0 Å². The first-order chi connectivity index (χ1) is 9.38. The molecule has 4 nitrogen and oxygen atoms in total. The first-order valence-corrected chi connectivity index (χ1v) is 9.28. The van der Waals surface area contributed by atoms with Crippen LogP contribution in [0.25, 0.3) is 0 Å². The van der Waals surface area contributed by atoms with Crippen molar-refractivity contribution in [1.29, 1.82) is 0 Å². The largest absolute Gasteiger partial charge is 0.495 e. The van der Waals surface area contributed by atoms with E-state index in [1.54, 1.807) is 13.2 Å². The third-order valence-corrected chi connectivity index (χ3v) is 6.23. The summed E-state index contributed by atoms with van der Waals surface area (Å²) in [5.74, 6) is 1.17. The quantitative estimate of drug-likeness (QED) is 0.870. The fraction of sp³-hybridized carbons (Fsp3) is 0.538. The number of sulfone groups is 1. The topological polar surface area (TPSA) is 55.4 Å². The number of nitrogens with one attached hydrogen (secondary N) is 1. The number of hydrogen-bond donors (Lipinski definition) is 1. The van der Waals surface area contributed by atoms with Gasteiger partial charge in [0, 0.05) is 16.6 Å². The number of benzene rings is 1. The number of hydrogen-bond acceptors (Lipinski definition) is 4. The van der Waals surface area contributed by atoms with E-state index in [1.807, 2.05) is 13.1 Å². The van der Waals surface area contributed by atoms with E-state index in [0.29, 0.717) is 17.2 Å². The molecule has 7 heteroatoms. The molecule has 2 atom stereocenters. The third-order valence-electron chi connectivity index (χ3n) is 3.63. The Kier molecular flexibility index (Phi) is 5.00. The lowest BCUT2D eigenvalue weighted by molar-refractivity contribution is 0.371. The highest BCUT2D eigenvalue weighted by atomic mass is 79.9. The van der Waals surface area contributed by atoms with E-state index < -0.39 is 9.84 Å². The van der Waals surface area contributed by atoms with Crippen LogP contribution in [0.2, 0.25) is 5.02 Å². The van der Waals surface area contributed by atoms with Gasteiger partial charge in [-0.1, -0.05) is 11.6 Å². The summed E-state index contributed by atoms with van der Waals surface area (Å²) < 4.78 is 29.6. The van der Waals surface area contributed by atoms with Crippen LogP contribution in [0.5, 0.6) is 5.75 Å². The molecule has 20 heavy (non-hydrogen) atoms. The second kappa shape index (κ2) is 6.22. The Morgan fingerprint density at radius 3 is 2.70 bits per heavy atom. The van der Waals surface area contributed by atoms with Gasteiger partial charge in [0.15, 0.2) is 9.84 Å². The molecule has 2 rings (SSSR count). The van der Waals surface area contributed by atoms with Crippen LogP contribution in [-0.2, 0) is 9.84 Å². The Labute approximate surface area is 132 Å². The molecule has 0 aliphatic carbocycles. The van der Waals surface area contributed by atoms with E-state index in [4.69, 9.17) is 16.3 Å². The molecule has 1 N–H and O–H groups in total. The Hall–Kier alpha value is -0.300. The molecular weight excluding hydrogens is 366 g/mol. The van der Waals surface area contributed by atoms with Crippen molar-refractivity contribution >= 4 is 37.4 Å². The van der Waals surface area contributed by atoms with E-state index in [2.05, 4.69) is 21.2 Å². The van der Waals surface area contributed by atoms with Gasteiger partial charge in [0.2, 0.25) is 0 Å². The standard InChI is InChI=1S/C13H17BrClNO3S/c1-16-12(8-3-4-20(17,18)7-8)10-5-9(15)6-11(14)13(10)19-2/h5-6,8,12,16H,3-4,7H2,1-2H3. The molecule has 1 aromatic carbocycles. The van der Waals surface area contributed by atoms with Crippen molar-refractivity contribution < 1.29 is 13.2 Å². The van der Waals surface area contributed by atoms with Gasteiger partial charge in [0.1, 0.15) is 5.75 Å². The van der Waals surface area contributed by atoms with Crippen molar-refractivity contribution in [2.24, 2.45) is 5.92 Å². The number of methoxy groups -OCH3 is 1. The Morgan fingerprint density at radius 1 is 1.50 bits per heavy atom. The van der Waals surface area contributed by atoms with Gasteiger partial charge in [-0.15, -0.1) is 0 Å². The summed E-state index contributed by atoms with van der Waals surface area (Å²) in [6.45, 7) is 0. The van der Waals surface area contributed by atoms with Crippen molar-refractivity contribution in [1.82, 2.24) is 5.32 Å². The zero-order valence-corrected chi connectivity index (χ0v) is 14.5. The van der Waals surface area contributed by atoms with E-state index in [0.717, 1.165) is 10.0 Å². The van der Waals surface area contributed by atoms with Gasteiger partial charge in [-0.05, 0) is 47.4 Å². The molecule has 0 bridgehead atoms. The van der Waals surface area contributed by atoms with Crippen LogP contribution >= 0.6 is 27.5 Å². The SMILES string of the molecule is CNC(c1cc(Cl)cc(Br)c1OC)C1CCS(=O)(=O)C1. The summed E-state index contributed by atoms with van der Waals surface area (Å²) >= 11 is 9.54. The van der Waals surface area contributed by atoms with E-state index in [-0.39, 0.29) is 23.5 Å². The summed E-state index contributed by atoms with van der Waals surface area (Å²) in [7, 11) is 0.492. The summed E-state index contributed by atoms with van der Waals surface area (Å²) in [4.78, 5) is 0. The van der Waals surface area contributed by atoms with Crippen LogP contribution in [-0.4, -0.2) is 34.1 Å². The van der Waals surface area contributed by atoms with Gasteiger partial charge >= 0.3 is 0 Å². The summed E-state index contributed by atoms with van der Waals surface area (Å²) in [6.07, 6.45) is 0.654. The van der Waals surface area contributed by atoms with Crippen LogP contribution in [0.3, 0.4) is 0 Å². The molecule has 1 saturated heterocycles. The minimum absolute atomic E-state index is 0.0317. The highest BCUT2D eigenvalue weighted by molar-refractivity contribution is 9.10. The number of rotatable bonds is 4. The zero-order valence-electron chi connectivity index (χ0n) is 11.3. The van der Waals surface area contributed by atoms with Crippen molar-refractivity contribution in [2.45, 2.75) is 12.5 Å². The van der Waals surface area contributed by atoms with Crippen molar-refractivity contribution in [3.8, 4) is 5.75 Å². The average Bonchev–Trinajstić information content (AvgIpc) is 2.70. The fourth-order valence-corrected chi connectivity index (χ4v) is 5.59. The summed E-state index contributed by atoms with van der Waals surface area (Å²) in [5, 5.41) is 3.79. The third kappa shape index (κ3) is 3.30. The first kappa shape index (κ1) is 16.1. The predicted octanol–water partition coefficient (Wildman–Crippen LogP) is 2.81. The molecule has 0 amide bonds. The van der Waals surface area contributed by atoms with Gasteiger partial charge in [0.05, 0.1) is 23.1 Å². The maximum atomic E-state index is 11.7. The lowest BCUT2D eigenvalue weighted by Gasteiger charge is -2.25. The summed E-state index contributed by atoms with van der Waals surface area (Å²) in [6, 6.07) is 3.50. The number of halogens is 2. The van der Waals surface area contributed by atoms with Gasteiger partial charge in [-0.2, -0.15) is 0 Å². The molecule has 0 radical (unpaired) electrons. The summed E-state index contributed by atoms with van der Waals surface area (Å²) in [5.41, 5.74) is 0.886. The van der Waals surface area contributed by atoms with E-state index >= 15 is 0 Å². The van der Waals surface area contributed by atoms with Crippen LogP contribution in [0, 0.1) is 5.92 Å². The molecule has 2 unspecified atom stereocenters. The maximum absolute atomic E-state index is 11.7. The molecule has 0 aromatic heterocycles. The molecule has 0 spiro atoms. The first-order valence-electron chi connectivity index (χ1n) is 6.28. The minimum Gasteiger partial charge on any atom is -0.495 e. The molecule has 1 aliphatic rings. The zero-order chi connectivity index (χ0) is 14.9. The van der Waals surface area contributed by atoms with Gasteiger partial charge in [-0.3, -0.25) is 0 Å². The fourth-order valence-electron chi connectivity index (χ4n) is 2.76. The molecule has 1 fully saturated rings. The monoisotopic (exact) mass is 381 g/mol. The van der Waals surface area contributed by atoms with Crippen molar-refractivity contribution in [3.05, 3.63) is 27.2 Å². The lowest BCUT2D eigenvalue weighted by atomic mass is 9.92. The number of ether oxygens (including phenoxy) is 1. The van der Waals surface area contributed by atoms with Crippen LogP contribution in [0.15, 0.2) is 16.6 Å². The van der Waals surface area contributed by atoms with Gasteiger partial charge in [-0.25, -0.2) is 8.42 Å². The second-order valence-electron chi connectivity index (χ2n) is 4.94. The van der Waals surface area contributed by atoms with Gasteiger partial charge in [0.25, 0.3) is 0 Å². The second-order valence-corrected chi connectivity index (χ2v) is 8.46. The van der Waals surface area contributed by atoms with Crippen molar-refractivity contribution in [2.75, 3.05) is 25.7 Å². The molecule has 1 aliphatic heterocycles. The van der Waals surface area contributed by atoms with E-state index in [9.17, 15) is 8.42 Å². The smallest absolute Gasteiger partial charge is 0.150 e. The molecule has 112 valence electrons. The van der Waals surface area contributed by atoms with Crippen LogP contribution in [0.4, 0.5) is 0 Å². The van der Waals surface area contributed by atoms with E-state index in [1.165, 1.54) is 0 Å². The lowest BCUT2D eigenvalue weighted by Crippen LogP contribution is -2.26. The predicted molar refractivity (Wildman–Crippen MR) is 84.3 cm³/mol. The Morgan fingerprint density at radius 2 is 2.20 bits per heavy atom. The van der Waals surface area contributed by atoms with Crippen molar-refractivity contribution in [3.63, 3.8) is 0 Å². The molecule has 1 aromatic rings. The molecule has 1 heterocycles. The minimum atomic E-state index is -2.92. The molecule has 0 saturated carbocycles. The highest BCUT2D eigenvalue weighted by Gasteiger charge is 2.35. The molecular formula is C13H17BrClNO3S.